The van der Waals surface area contributed by atoms with E-state index in [1.807, 2.05) is 18.2 Å². The zero-order valence-electron chi connectivity index (χ0n) is 9.50. The van der Waals surface area contributed by atoms with Crippen LogP contribution in [0.15, 0.2) is 24.4 Å². The highest BCUT2D eigenvalue weighted by atomic mass is 16.5. The Morgan fingerprint density at radius 1 is 1.35 bits per heavy atom. The summed E-state index contributed by atoms with van der Waals surface area (Å²) in [5.74, 6) is 0. The van der Waals surface area contributed by atoms with Gasteiger partial charge in [0.15, 0.2) is 0 Å². The van der Waals surface area contributed by atoms with Crippen LogP contribution < -0.4 is 0 Å². The fourth-order valence-electron chi connectivity index (χ4n) is 1.90. The van der Waals surface area contributed by atoms with Crippen molar-refractivity contribution >= 4 is 0 Å². The van der Waals surface area contributed by atoms with Crippen LogP contribution >= 0.6 is 0 Å². The van der Waals surface area contributed by atoms with Gasteiger partial charge in [-0.1, -0.05) is 11.3 Å². The molecule has 0 amide bonds. The lowest BCUT2D eigenvalue weighted by atomic mass is 10.1. The SMILES string of the molecule is CC(O)c1cn(-c2ccc3c(c2)COC3)nn1. The summed E-state index contributed by atoms with van der Waals surface area (Å²) in [6.07, 6.45) is 1.14. The number of aliphatic hydroxyl groups is 1. The molecule has 0 fully saturated rings. The molecule has 88 valence electrons. The highest BCUT2D eigenvalue weighted by Gasteiger charge is 2.13. The zero-order chi connectivity index (χ0) is 11.8. The molecular weight excluding hydrogens is 218 g/mol. The normalized spacial score (nSPS) is 15.9. The number of ether oxygens (including phenoxy) is 1. The minimum Gasteiger partial charge on any atom is -0.387 e. The van der Waals surface area contributed by atoms with Crippen molar-refractivity contribution in [1.29, 1.82) is 0 Å². The largest absolute Gasteiger partial charge is 0.387 e. The number of rotatable bonds is 2. The Hall–Kier alpha value is -1.72. The molecule has 3 rings (SSSR count). The summed E-state index contributed by atoms with van der Waals surface area (Å²) >= 11 is 0. The summed E-state index contributed by atoms with van der Waals surface area (Å²) in [6.45, 7) is 3.01. The van der Waals surface area contributed by atoms with Crippen molar-refractivity contribution in [3.63, 3.8) is 0 Å². The average molecular weight is 231 g/mol. The zero-order valence-corrected chi connectivity index (χ0v) is 9.50. The summed E-state index contributed by atoms with van der Waals surface area (Å²) in [5, 5.41) is 17.3. The van der Waals surface area contributed by atoms with Gasteiger partial charge >= 0.3 is 0 Å². The molecule has 0 spiro atoms. The van der Waals surface area contributed by atoms with Crippen molar-refractivity contribution in [3.05, 3.63) is 41.2 Å². The summed E-state index contributed by atoms with van der Waals surface area (Å²) in [7, 11) is 0. The second-order valence-electron chi connectivity index (χ2n) is 4.21. The Labute approximate surface area is 98.6 Å². The average Bonchev–Trinajstić information content (AvgIpc) is 2.97. The number of nitrogens with zero attached hydrogens (tertiary/aromatic N) is 3. The molecule has 0 aliphatic carbocycles. The first-order valence-electron chi connectivity index (χ1n) is 5.54. The van der Waals surface area contributed by atoms with Gasteiger partial charge < -0.3 is 9.84 Å². The topological polar surface area (TPSA) is 60.2 Å². The maximum absolute atomic E-state index is 9.40. The quantitative estimate of drug-likeness (QED) is 0.847. The Morgan fingerprint density at radius 3 is 2.94 bits per heavy atom. The van der Waals surface area contributed by atoms with Crippen molar-refractivity contribution in [1.82, 2.24) is 15.0 Å². The van der Waals surface area contributed by atoms with E-state index in [-0.39, 0.29) is 0 Å². The highest BCUT2D eigenvalue weighted by molar-refractivity contribution is 5.40. The summed E-state index contributed by atoms with van der Waals surface area (Å²) in [6, 6.07) is 6.07. The predicted octanol–water partition coefficient (Wildman–Crippen LogP) is 1.35. The Balaban J connectivity index is 1.97. The molecule has 1 unspecified atom stereocenters. The van der Waals surface area contributed by atoms with Crippen LogP contribution in [-0.4, -0.2) is 20.1 Å². The van der Waals surface area contributed by atoms with Crippen LogP contribution in [0.1, 0.15) is 29.8 Å². The Morgan fingerprint density at radius 2 is 2.18 bits per heavy atom. The molecule has 0 saturated carbocycles. The molecule has 1 N–H and O–H groups in total. The second-order valence-corrected chi connectivity index (χ2v) is 4.21. The molecule has 2 heterocycles. The van der Waals surface area contributed by atoms with E-state index >= 15 is 0 Å². The van der Waals surface area contributed by atoms with Crippen molar-refractivity contribution < 1.29 is 9.84 Å². The van der Waals surface area contributed by atoms with Crippen LogP contribution in [0.2, 0.25) is 0 Å². The van der Waals surface area contributed by atoms with Crippen molar-refractivity contribution in [3.8, 4) is 5.69 Å². The maximum Gasteiger partial charge on any atom is 0.111 e. The molecule has 0 saturated heterocycles. The van der Waals surface area contributed by atoms with Crippen LogP contribution in [0.4, 0.5) is 0 Å². The van der Waals surface area contributed by atoms with Gasteiger partial charge in [-0.3, -0.25) is 0 Å². The molecule has 1 atom stereocenters. The van der Waals surface area contributed by atoms with Gasteiger partial charge in [-0.25, -0.2) is 4.68 Å². The summed E-state index contributed by atoms with van der Waals surface area (Å²) in [4.78, 5) is 0. The number of fused-ring (bicyclic) bond motifs is 1. The van der Waals surface area contributed by atoms with E-state index in [4.69, 9.17) is 4.74 Å². The lowest BCUT2D eigenvalue weighted by molar-refractivity contribution is 0.134. The van der Waals surface area contributed by atoms with E-state index in [9.17, 15) is 5.11 Å². The number of hydrogen-bond donors (Lipinski definition) is 1. The molecular formula is C12H13N3O2. The smallest absolute Gasteiger partial charge is 0.111 e. The van der Waals surface area contributed by atoms with Crippen molar-refractivity contribution in [2.24, 2.45) is 0 Å². The molecule has 17 heavy (non-hydrogen) atoms. The monoisotopic (exact) mass is 231 g/mol. The maximum atomic E-state index is 9.40. The highest BCUT2D eigenvalue weighted by Crippen LogP contribution is 2.22. The van der Waals surface area contributed by atoms with Gasteiger partial charge in [0.05, 0.1) is 31.2 Å². The Bertz CT molecular complexity index is 548. The second kappa shape index (κ2) is 3.94. The molecule has 5 nitrogen and oxygen atoms in total. The van der Waals surface area contributed by atoms with E-state index in [1.54, 1.807) is 17.8 Å². The molecule has 1 aliphatic rings. The Kier molecular flexibility index (Phi) is 2.42. The van der Waals surface area contributed by atoms with E-state index in [1.165, 1.54) is 11.1 Å². The van der Waals surface area contributed by atoms with Gasteiger partial charge in [-0.05, 0) is 30.2 Å². The van der Waals surface area contributed by atoms with Crippen LogP contribution in [0.5, 0.6) is 0 Å². The fourth-order valence-corrected chi connectivity index (χ4v) is 1.90. The van der Waals surface area contributed by atoms with Crippen LogP contribution in [-0.2, 0) is 18.0 Å². The van der Waals surface area contributed by atoms with Gasteiger partial charge in [-0.2, -0.15) is 0 Å². The number of aromatic nitrogens is 3. The third-order valence-electron chi connectivity index (χ3n) is 2.91. The first-order chi connectivity index (χ1) is 8.24. The van der Waals surface area contributed by atoms with Gasteiger partial charge in [0.2, 0.25) is 0 Å². The van der Waals surface area contributed by atoms with Gasteiger partial charge in [0, 0.05) is 0 Å². The molecule has 5 heteroatoms. The van der Waals surface area contributed by atoms with Gasteiger partial charge in [0.1, 0.15) is 5.69 Å². The third kappa shape index (κ3) is 1.83. The first kappa shape index (κ1) is 10.4. The van der Waals surface area contributed by atoms with E-state index in [0.29, 0.717) is 18.9 Å². The standard InChI is InChI=1S/C12H13N3O2/c1-8(16)12-5-15(14-13-12)11-3-2-9-6-17-7-10(9)4-11/h2-5,8,16H,6-7H2,1H3. The fraction of sp³-hybridized carbons (Fsp3) is 0.333. The lowest BCUT2D eigenvalue weighted by Gasteiger charge is -2.02. The number of hydrogen-bond acceptors (Lipinski definition) is 4. The molecule has 1 aromatic carbocycles. The number of benzene rings is 1. The molecule has 0 radical (unpaired) electrons. The minimum atomic E-state index is -0.596. The van der Waals surface area contributed by atoms with Crippen LogP contribution in [0, 0.1) is 0 Å². The van der Waals surface area contributed by atoms with Crippen LogP contribution in [0.3, 0.4) is 0 Å². The van der Waals surface area contributed by atoms with Crippen LogP contribution in [0.25, 0.3) is 5.69 Å². The lowest BCUT2D eigenvalue weighted by Crippen LogP contribution is -1.96. The summed E-state index contributed by atoms with van der Waals surface area (Å²) in [5.41, 5.74) is 3.93. The minimum absolute atomic E-state index is 0.571. The molecule has 1 aliphatic heterocycles. The molecule has 0 bridgehead atoms. The van der Waals surface area contributed by atoms with Crippen molar-refractivity contribution in [2.75, 3.05) is 0 Å². The van der Waals surface area contributed by atoms with Gasteiger partial charge in [-0.15, -0.1) is 5.10 Å². The summed E-state index contributed by atoms with van der Waals surface area (Å²) < 4.78 is 7.03. The van der Waals surface area contributed by atoms with Gasteiger partial charge in [0.25, 0.3) is 0 Å². The molecule has 2 aromatic rings. The number of aliphatic hydroxyl groups excluding tert-OH is 1. The first-order valence-corrected chi connectivity index (χ1v) is 5.54. The van der Waals surface area contributed by atoms with E-state index < -0.39 is 6.10 Å². The third-order valence-corrected chi connectivity index (χ3v) is 2.91. The predicted molar refractivity (Wildman–Crippen MR) is 60.5 cm³/mol. The van der Waals surface area contributed by atoms with Crippen molar-refractivity contribution in [2.45, 2.75) is 26.2 Å². The van der Waals surface area contributed by atoms with E-state index in [0.717, 1.165) is 5.69 Å². The van der Waals surface area contributed by atoms with E-state index in [2.05, 4.69) is 10.3 Å². The molecule has 1 aromatic heterocycles.